The molecule has 0 N–H and O–H groups in total. The Labute approximate surface area is 108 Å². The van der Waals surface area contributed by atoms with Crippen molar-refractivity contribution in [2.75, 3.05) is 7.05 Å². The van der Waals surface area contributed by atoms with Gasteiger partial charge in [0.2, 0.25) is 5.91 Å². The van der Waals surface area contributed by atoms with E-state index in [-0.39, 0.29) is 0 Å². The van der Waals surface area contributed by atoms with Crippen molar-refractivity contribution in [2.45, 2.75) is 63.2 Å². The molecule has 2 nitrogen and oxygen atoms in total. The van der Waals surface area contributed by atoms with Crippen molar-refractivity contribution in [3.8, 4) is 0 Å². The van der Waals surface area contributed by atoms with Crippen molar-refractivity contribution in [1.82, 2.24) is 4.90 Å². The molecule has 16 heavy (non-hydrogen) atoms. The SMILES string of the molecule is CCC(C)CC(=O)N(C)C1CCCCC1Br. The zero-order valence-electron chi connectivity index (χ0n) is 10.7. The standard InChI is InChI=1S/C13H24BrNO/c1-4-10(2)9-13(16)15(3)12-8-6-5-7-11(12)14/h10-12H,4-9H2,1-3H3. The molecule has 0 aromatic rings. The van der Waals surface area contributed by atoms with Gasteiger partial charge in [-0.3, -0.25) is 4.79 Å². The van der Waals surface area contributed by atoms with Gasteiger partial charge in [-0.15, -0.1) is 0 Å². The second-order valence-electron chi connectivity index (χ2n) is 5.09. The van der Waals surface area contributed by atoms with Gasteiger partial charge in [-0.2, -0.15) is 0 Å². The molecule has 0 saturated heterocycles. The molecule has 3 heteroatoms. The summed E-state index contributed by atoms with van der Waals surface area (Å²) in [5.41, 5.74) is 0. The third kappa shape index (κ3) is 3.76. The van der Waals surface area contributed by atoms with Crippen LogP contribution in [-0.2, 0) is 4.79 Å². The number of nitrogens with zero attached hydrogens (tertiary/aromatic N) is 1. The lowest BCUT2D eigenvalue weighted by molar-refractivity contribution is -0.133. The van der Waals surface area contributed by atoms with Crippen LogP contribution in [0.4, 0.5) is 0 Å². The smallest absolute Gasteiger partial charge is 0.222 e. The predicted octanol–water partition coefficient (Wildman–Crippen LogP) is 3.59. The molecular formula is C13H24BrNO. The molecule has 0 aromatic heterocycles. The van der Waals surface area contributed by atoms with E-state index >= 15 is 0 Å². The highest BCUT2D eigenvalue weighted by molar-refractivity contribution is 9.09. The molecule has 1 aliphatic carbocycles. The molecule has 0 bridgehead atoms. The van der Waals surface area contributed by atoms with E-state index < -0.39 is 0 Å². The van der Waals surface area contributed by atoms with Crippen LogP contribution in [0.1, 0.15) is 52.4 Å². The van der Waals surface area contributed by atoms with E-state index in [0.717, 1.165) is 12.8 Å². The van der Waals surface area contributed by atoms with Gasteiger partial charge in [0.1, 0.15) is 0 Å². The van der Waals surface area contributed by atoms with Crippen LogP contribution in [-0.4, -0.2) is 28.7 Å². The number of hydrogen-bond donors (Lipinski definition) is 0. The summed E-state index contributed by atoms with van der Waals surface area (Å²) in [6.45, 7) is 4.30. The van der Waals surface area contributed by atoms with Crippen molar-refractivity contribution in [3.63, 3.8) is 0 Å². The molecule has 1 saturated carbocycles. The number of carbonyl (C=O) groups is 1. The topological polar surface area (TPSA) is 20.3 Å². The Kier molecular flexibility index (Phi) is 5.81. The van der Waals surface area contributed by atoms with Crippen molar-refractivity contribution >= 4 is 21.8 Å². The Bertz CT molecular complexity index is 232. The summed E-state index contributed by atoms with van der Waals surface area (Å²) in [5, 5.41) is 0. The number of rotatable bonds is 4. The van der Waals surface area contributed by atoms with E-state index in [0.29, 0.717) is 29.1 Å². The Morgan fingerprint density at radius 1 is 1.44 bits per heavy atom. The van der Waals surface area contributed by atoms with Crippen LogP contribution in [0.5, 0.6) is 0 Å². The summed E-state index contributed by atoms with van der Waals surface area (Å²) in [6.07, 6.45) is 6.68. The van der Waals surface area contributed by atoms with Crippen molar-refractivity contribution < 1.29 is 4.79 Å². The molecule has 1 amide bonds. The highest BCUT2D eigenvalue weighted by Gasteiger charge is 2.29. The molecule has 0 spiro atoms. The van der Waals surface area contributed by atoms with Crippen molar-refractivity contribution in [3.05, 3.63) is 0 Å². The van der Waals surface area contributed by atoms with Gasteiger partial charge in [0, 0.05) is 24.3 Å². The van der Waals surface area contributed by atoms with Crippen LogP contribution in [0.2, 0.25) is 0 Å². The van der Waals surface area contributed by atoms with Gasteiger partial charge in [-0.05, 0) is 18.8 Å². The molecule has 0 aromatic carbocycles. The van der Waals surface area contributed by atoms with Gasteiger partial charge in [-0.25, -0.2) is 0 Å². The van der Waals surface area contributed by atoms with Crippen LogP contribution in [0.25, 0.3) is 0 Å². The summed E-state index contributed by atoms with van der Waals surface area (Å²) < 4.78 is 0. The Morgan fingerprint density at radius 3 is 2.62 bits per heavy atom. The second-order valence-corrected chi connectivity index (χ2v) is 6.27. The summed E-state index contributed by atoms with van der Waals surface area (Å²) in [7, 11) is 1.97. The van der Waals surface area contributed by atoms with E-state index in [4.69, 9.17) is 0 Å². The second kappa shape index (κ2) is 6.63. The number of amides is 1. The van der Waals surface area contributed by atoms with E-state index in [1.165, 1.54) is 19.3 Å². The minimum absolute atomic E-state index is 0.311. The summed E-state index contributed by atoms with van der Waals surface area (Å²) in [4.78, 5) is 14.5. The molecule has 0 heterocycles. The highest BCUT2D eigenvalue weighted by atomic mass is 79.9. The summed E-state index contributed by atoms with van der Waals surface area (Å²) in [6, 6.07) is 0.408. The number of halogens is 1. The fourth-order valence-corrected chi connectivity index (χ4v) is 3.22. The summed E-state index contributed by atoms with van der Waals surface area (Å²) >= 11 is 3.71. The lowest BCUT2D eigenvalue weighted by atomic mass is 9.93. The quantitative estimate of drug-likeness (QED) is 0.725. The van der Waals surface area contributed by atoms with Gasteiger partial charge < -0.3 is 4.90 Å². The molecule has 1 aliphatic rings. The largest absolute Gasteiger partial charge is 0.342 e. The van der Waals surface area contributed by atoms with E-state index in [9.17, 15) is 4.79 Å². The Balaban J connectivity index is 2.48. The first-order valence-corrected chi connectivity index (χ1v) is 7.37. The normalized spacial score (nSPS) is 27.5. The monoisotopic (exact) mass is 289 g/mol. The lowest BCUT2D eigenvalue weighted by Gasteiger charge is -2.35. The van der Waals surface area contributed by atoms with Crippen molar-refractivity contribution in [2.24, 2.45) is 5.92 Å². The van der Waals surface area contributed by atoms with Gasteiger partial charge >= 0.3 is 0 Å². The lowest BCUT2D eigenvalue weighted by Crippen LogP contribution is -2.44. The van der Waals surface area contributed by atoms with Crippen LogP contribution < -0.4 is 0 Å². The zero-order chi connectivity index (χ0) is 12.1. The Morgan fingerprint density at radius 2 is 2.06 bits per heavy atom. The molecule has 1 rings (SSSR count). The number of alkyl halides is 1. The maximum Gasteiger partial charge on any atom is 0.222 e. The molecular weight excluding hydrogens is 266 g/mol. The molecule has 94 valence electrons. The van der Waals surface area contributed by atoms with Crippen molar-refractivity contribution in [1.29, 1.82) is 0 Å². The third-order valence-corrected chi connectivity index (χ3v) is 4.83. The van der Waals surface area contributed by atoms with Crippen LogP contribution >= 0.6 is 15.9 Å². The van der Waals surface area contributed by atoms with E-state index in [2.05, 4.69) is 29.8 Å². The minimum Gasteiger partial charge on any atom is -0.342 e. The number of carbonyl (C=O) groups excluding carboxylic acids is 1. The maximum absolute atomic E-state index is 12.1. The molecule has 3 atom stereocenters. The van der Waals surface area contributed by atoms with Crippen LogP contribution in [0.3, 0.4) is 0 Å². The van der Waals surface area contributed by atoms with Gasteiger partial charge in [0.05, 0.1) is 0 Å². The van der Waals surface area contributed by atoms with Crippen LogP contribution in [0, 0.1) is 5.92 Å². The average molecular weight is 290 g/mol. The van der Waals surface area contributed by atoms with Gasteiger partial charge in [-0.1, -0.05) is 49.0 Å². The molecule has 1 fully saturated rings. The molecule has 0 radical (unpaired) electrons. The average Bonchev–Trinajstić information content (AvgIpc) is 2.28. The van der Waals surface area contributed by atoms with Crippen LogP contribution in [0.15, 0.2) is 0 Å². The van der Waals surface area contributed by atoms with E-state index in [1.807, 2.05) is 11.9 Å². The van der Waals surface area contributed by atoms with Gasteiger partial charge in [0.15, 0.2) is 0 Å². The maximum atomic E-state index is 12.1. The minimum atomic E-state index is 0.311. The fourth-order valence-electron chi connectivity index (χ4n) is 2.27. The predicted molar refractivity (Wildman–Crippen MR) is 71.8 cm³/mol. The highest BCUT2D eigenvalue weighted by Crippen LogP contribution is 2.28. The van der Waals surface area contributed by atoms with E-state index in [1.54, 1.807) is 0 Å². The molecule has 0 aliphatic heterocycles. The first-order valence-electron chi connectivity index (χ1n) is 6.46. The summed E-state index contributed by atoms with van der Waals surface area (Å²) in [5.74, 6) is 0.818. The molecule has 3 unspecified atom stereocenters. The first kappa shape index (κ1) is 14.0. The first-order chi connectivity index (χ1) is 7.56. The Hall–Kier alpha value is -0.0500. The van der Waals surface area contributed by atoms with Gasteiger partial charge in [0.25, 0.3) is 0 Å². The zero-order valence-corrected chi connectivity index (χ0v) is 12.3. The fraction of sp³-hybridized carbons (Fsp3) is 0.923. The third-order valence-electron chi connectivity index (χ3n) is 3.76. The number of hydrogen-bond acceptors (Lipinski definition) is 1.